The quantitative estimate of drug-likeness (QED) is 0.163. The molecule has 5 heteroatoms. The molecule has 0 amide bonds. The molecule has 4 aromatic carbocycles. The molecule has 2 unspecified atom stereocenters. The molecule has 0 N–H and O–H groups in total. The van der Waals surface area contributed by atoms with Gasteiger partial charge in [0.2, 0.25) is 11.8 Å². The Balaban J connectivity index is 1.32. The lowest BCUT2D eigenvalue weighted by atomic mass is 9.35. The van der Waals surface area contributed by atoms with Crippen molar-refractivity contribution >= 4 is 51.9 Å². The zero-order valence-electron chi connectivity index (χ0n) is 39.4. The lowest BCUT2D eigenvalue weighted by Gasteiger charge is -2.52. The minimum absolute atomic E-state index is 0.000499. The molecule has 1 saturated carbocycles. The highest BCUT2D eigenvalue weighted by Crippen LogP contribution is 2.64. The van der Waals surface area contributed by atoms with Gasteiger partial charge in [-0.3, -0.25) is 4.90 Å². The molecule has 0 bridgehead atoms. The molecular formula is C55H68BN3O. The molecule has 1 fully saturated rings. The van der Waals surface area contributed by atoms with Crippen molar-refractivity contribution < 1.29 is 4.42 Å². The van der Waals surface area contributed by atoms with Crippen molar-refractivity contribution in [1.82, 2.24) is 4.98 Å². The van der Waals surface area contributed by atoms with Crippen LogP contribution in [0.15, 0.2) is 71.1 Å². The summed E-state index contributed by atoms with van der Waals surface area (Å²) >= 11 is 0. The summed E-state index contributed by atoms with van der Waals surface area (Å²) in [5.41, 5.74) is 18.7. The summed E-state index contributed by atoms with van der Waals surface area (Å²) in [6.07, 6.45) is 7.23. The van der Waals surface area contributed by atoms with Gasteiger partial charge in [-0.15, -0.1) is 0 Å². The van der Waals surface area contributed by atoms with Crippen LogP contribution in [0.2, 0.25) is 0 Å². The molecule has 4 heterocycles. The molecule has 4 nitrogen and oxygen atoms in total. The van der Waals surface area contributed by atoms with Crippen LogP contribution in [0.4, 0.5) is 28.6 Å². The predicted octanol–water partition coefficient (Wildman–Crippen LogP) is 12.9. The molecular weight excluding hydrogens is 729 g/mol. The number of anilines is 5. The maximum absolute atomic E-state index is 7.30. The molecule has 312 valence electrons. The number of hydrogen-bond acceptors (Lipinski definition) is 4. The number of rotatable bonds is 2. The molecule has 0 saturated heterocycles. The third-order valence-corrected chi connectivity index (χ3v) is 16.4. The second kappa shape index (κ2) is 12.2. The summed E-state index contributed by atoms with van der Waals surface area (Å²) in [6.45, 7) is 36.1. The molecule has 10 rings (SSSR count). The lowest BCUT2D eigenvalue weighted by molar-refractivity contribution is 0.193. The van der Waals surface area contributed by atoms with Crippen LogP contribution in [0.5, 0.6) is 0 Å². The van der Waals surface area contributed by atoms with E-state index in [1.54, 1.807) is 5.56 Å². The second-order valence-electron chi connectivity index (χ2n) is 24.3. The highest BCUT2D eigenvalue weighted by atomic mass is 16.4. The Hall–Kier alpha value is -4.25. The molecule has 0 radical (unpaired) electrons. The highest BCUT2D eigenvalue weighted by molar-refractivity contribution is 6.99. The van der Waals surface area contributed by atoms with Crippen LogP contribution in [0.3, 0.4) is 0 Å². The van der Waals surface area contributed by atoms with Gasteiger partial charge in [0.15, 0.2) is 0 Å². The van der Waals surface area contributed by atoms with Gasteiger partial charge < -0.3 is 9.32 Å². The van der Waals surface area contributed by atoms with Crippen LogP contribution in [0.25, 0.3) is 11.5 Å². The van der Waals surface area contributed by atoms with Gasteiger partial charge in [0.1, 0.15) is 0 Å². The number of oxazole rings is 1. The molecule has 5 aromatic rings. The van der Waals surface area contributed by atoms with Gasteiger partial charge in [-0.1, -0.05) is 140 Å². The summed E-state index contributed by atoms with van der Waals surface area (Å²) in [5.74, 6) is 1.54. The van der Waals surface area contributed by atoms with E-state index >= 15 is 0 Å². The number of aromatic nitrogens is 1. The van der Waals surface area contributed by atoms with Crippen molar-refractivity contribution in [2.45, 2.75) is 180 Å². The van der Waals surface area contributed by atoms with E-state index in [4.69, 9.17) is 9.40 Å². The van der Waals surface area contributed by atoms with Crippen molar-refractivity contribution in [1.29, 1.82) is 0 Å². The van der Waals surface area contributed by atoms with Crippen molar-refractivity contribution in [2.24, 2.45) is 0 Å². The standard InChI is InChI=1S/C55H68BN3O/c1-49(2,3)34-20-18-33(19-21-34)47-57-46-48(60-47)58(36-22-23-37-39(32-36)53(12,13)29-28-52(37,10)11)41-30-35(50(4,5)6)31-42-44(41)56(46)40-25-24-38(51(7,8)9)43-45(40)59(42)55(15)27-17-16-26-54(43,55)14/h18-25,30-32H,16-17,26-29H2,1-15H3. The Morgan fingerprint density at radius 2 is 1.27 bits per heavy atom. The first-order valence-electron chi connectivity index (χ1n) is 23.1. The van der Waals surface area contributed by atoms with Gasteiger partial charge in [0.05, 0.1) is 11.1 Å². The Bertz CT molecular complexity index is 2610. The van der Waals surface area contributed by atoms with E-state index in [1.165, 1.54) is 87.9 Å². The van der Waals surface area contributed by atoms with Gasteiger partial charge in [-0.2, -0.15) is 0 Å². The minimum atomic E-state index is -0.0803. The van der Waals surface area contributed by atoms with Gasteiger partial charge in [-0.25, -0.2) is 4.98 Å². The van der Waals surface area contributed by atoms with Crippen LogP contribution in [-0.4, -0.2) is 17.2 Å². The first kappa shape index (κ1) is 39.9. The average Bonchev–Trinajstić information content (AvgIpc) is 3.69. The topological polar surface area (TPSA) is 32.5 Å². The maximum Gasteiger partial charge on any atom is 0.279 e. The van der Waals surface area contributed by atoms with Gasteiger partial charge in [-0.05, 0) is 140 Å². The molecule has 3 aliphatic heterocycles. The normalized spacial score (nSPS) is 23.5. The van der Waals surface area contributed by atoms with Crippen LogP contribution in [0, 0.1) is 0 Å². The molecule has 60 heavy (non-hydrogen) atoms. The number of fused-ring (bicyclic) bond motifs is 8. The fraction of sp³-hybridized carbons (Fsp3) is 0.509. The number of hydrogen-bond donors (Lipinski definition) is 0. The van der Waals surface area contributed by atoms with Gasteiger partial charge in [0.25, 0.3) is 6.71 Å². The fourth-order valence-corrected chi connectivity index (χ4v) is 12.3. The van der Waals surface area contributed by atoms with Gasteiger partial charge in [0, 0.05) is 33.7 Å². The molecule has 2 atom stereocenters. The third-order valence-electron chi connectivity index (χ3n) is 16.4. The number of benzene rings is 4. The first-order valence-corrected chi connectivity index (χ1v) is 23.1. The summed E-state index contributed by atoms with van der Waals surface area (Å²) in [5, 5.41) is 0. The van der Waals surface area contributed by atoms with E-state index in [1.807, 2.05) is 0 Å². The van der Waals surface area contributed by atoms with Crippen LogP contribution in [-0.2, 0) is 32.5 Å². The Morgan fingerprint density at radius 1 is 0.633 bits per heavy atom. The fourth-order valence-electron chi connectivity index (χ4n) is 12.3. The van der Waals surface area contributed by atoms with E-state index < -0.39 is 0 Å². The Morgan fingerprint density at radius 3 is 1.92 bits per heavy atom. The van der Waals surface area contributed by atoms with Crippen molar-refractivity contribution in [3.8, 4) is 11.5 Å². The SMILES string of the molecule is CC(C)(C)c1ccc(-c2nc3c(o2)N(c2ccc4c(c2)C(C)(C)CCC4(C)C)c2cc(C(C)(C)C)cc4c2B3c2ccc(C(C)(C)C)c3c2N4C2(C)CCCCC32C)cc1. The predicted molar refractivity (Wildman–Crippen MR) is 255 cm³/mol. The smallest absolute Gasteiger partial charge is 0.279 e. The number of nitrogens with zero attached hydrogens (tertiary/aromatic N) is 3. The van der Waals surface area contributed by atoms with E-state index in [0.717, 1.165) is 29.1 Å². The largest absolute Gasteiger partial charge is 0.420 e. The van der Waals surface area contributed by atoms with Crippen LogP contribution >= 0.6 is 0 Å². The van der Waals surface area contributed by atoms with Crippen molar-refractivity contribution in [2.75, 3.05) is 9.80 Å². The van der Waals surface area contributed by atoms with E-state index in [0.29, 0.717) is 5.89 Å². The van der Waals surface area contributed by atoms with E-state index in [9.17, 15) is 0 Å². The minimum Gasteiger partial charge on any atom is -0.420 e. The lowest BCUT2D eigenvalue weighted by Crippen LogP contribution is -2.64. The summed E-state index contributed by atoms with van der Waals surface area (Å²) in [6, 6.07) is 26.3. The monoisotopic (exact) mass is 798 g/mol. The maximum atomic E-state index is 7.30. The molecule has 0 spiro atoms. The zero-order valence-corrected chi connectivity index (χ0v) is 39.4. The molecule has 2 aliphatic carbocycles. The third kappa shape index (κ3) is 5.38. The van der Waals surface area contributed by atoms with E-state index in [-0.39, 0.29) is 44.7 Å². The molecule has 5 aliphatic rings. The van der Waals surface area contributed by atoms with Crippen LogP contribution < -0.4 is 26.3 Å². The first-order chi connectivity index (χ1) is 27.9. The Labute approximate surface area is 361 Å². The van der Waals surface area contributed by atoms with Crippen molar-refractivity contribution in [3.63, 3.8) is 0 Å². The molecule has 1 aromatic heterocycles. The summed E-state index contributed by atoms with van der Waals surface area (Å²) in [4.78, 5) is 11.0. The Kier molecular flexibility index (Phi) is 8.12. The van der Waals surface area contributed by atoms with Gasteiger partial charge >= 0.3 is 0 Å². The average molecular weight is 798 g/mol. The summed E-state index contributed by atoms with van der Waals surface area (Å²) < 4.78 is 7.30. The van der Waals surface area contributed by atoms with Crippen LogP contribution in [0.1, 0.15) is 176 Å². The highest BCUT2D eigenvalue weighted by Gasteiger charge is 2.63. The van der Waals surface area contributed by atoms with E-state index in [2.05, 4.69) is 180 Å². The summed E-state index contributed by atoms with van der Waals surface area (Å²) in [7, 11) is 0. The second-order valence-corrected chi connectivity index (χ2v) is 24.3. The van der Waals surface area contributed by atoms with Crippen molar-refractivity contribution in [3.05, 3.63) is 100 Å². The zero-order chi connectivity index (χ0) is 42.9.